The van der Waals surface area contributed by atoms with E-state index in [4.69, 9.17) is 0 Å². The molecule has 2 fully saturated rings. The third-order valence-electron chi connectivity index (χ3n) is 3.97. The van der Waals surface area contributed by atoms with Crippen LogP contribution in [0.15, 0.2) is 18.2 Å². The number of hydrogen-bond acceptors (Lipinski definition) is 2. The second kappa shape index (κ2) is 4.35. The highest BCUT2D eigenvalue weighted by molar-refractivity contribution is 5.94. The standard InChI is InChI=1S/C14H17FN2O/c1-9-2-10(4-13(15)3-9)14(18)17-7-11-5-16-6-12(11)8-17/h2-4,11-12,16H,5-8H2,1H3. The van der Waals surface area contributed by atoms with E-state index in [1.165, 1.54) is 12.1 Å². The number of nitrogens with one attached hydrogen (secondary N) is 1. The average Bonchev–Trinajstić information content (AvgIpc) is 2.86. The first-order valence-corrected chi connectivity index (χ1v) is 6.40. The van der Waals surface area contributed by atoms with Crippen LogP contribution in [0.2, 0.25) is 0 Å². The molecule has 3 rings (SSSR count). The maximum absolute atomic E-state index is 13.3. The SMILES string of the molecule is Cc1cc(F)cc(C(=O)N2CC3CNCC3C2)c1. The first-order valence-electron chi connectivity index (χ1n) is 6.40. The van der Waals surface area contributed by atoms with Gasteiger partial charge in [-0.2, -0.15) is 0 Å². The zero-order chi connectivity index (χ0) is 12.7. The molecule has 1 N–H and O–H groups in total. The van der Waals surface area contributed by atoms with Gasteiger partial charge in [0.1, 0.15) is 5.82 Å². The Bertz CT molecular complexity index is 456. The van der Waals surface area contributed by atoms with Gasteiger partial charge >= 0.3 is 0 Å². The van der Waals surface area contributed by atoms with Crippen molar-refractivity contribution in [2.24, 2.45) is 11.8 Å². The molecule has 0 aliphatic carbocycles. The van der Waals surface area contributed by atoms with Gasteiger partial charge in [0.2, 0.25) is 0 Å². The number of rotatable bonds is 1. The second-order valence-electron chi connectivity index (χ2n) is 5.41. The van der Waals surface area contributed by atoms with E-state index in [0.717, 1.165) is 31.7 Å². The summed E-state index contributed by atoms with van der Waals surface area (Å²) in [5.41, 5.74) is 1.26. The fourth-order valence-electron chi connectivity index (χ4n) is 3.06. The largest absolute Gasteiger partial charge is 0.338 e. The van der Waals surface area contributed by atoms with E-state index in [1.54, 1.807) is 6.07 Å². The Morgan fingerprint density at radius 1 is 1.28 bits per heavy atom. The number of benzene rings is 1. The summed E-state index contributed by atoms with van der Waals surface area (Å²) in [7, 11) is 0. The minimum atomic E-state index is -0.334. The molecule has 2 aliphatic rings. The smallest absolute Gasteiger partial charge is 0.253 e. The number of nitrogens with zero attached hydrogens (tertiary/aromatic N) is 1. The predicted molar refractivity (Wildman–Crippen MR) is 66.9 cm³/mol. The predicted octanol–water partition coefficient (Wildman–Crippen LogP) is 1.43. The molecule has 1 aromatic rings. The van der Waals surface area contributed by atoms with Crippen LogP contribution in [0.25, 0.3) is 0 Å². The van der Waals surface area contributed by atoms with Crippen molar-refractivity contribution in [2.75, 3.05) is 26.2 Å². The Morgan fingerprint density at radius 3 is 2.56 bits per heavy atom. The summed E-state index contributed by atoms with van der Waals surface area (Å²) in [5.74, 6) is 0.777. The molecule has 0 radical (unpaired) electrons. The topological polar surface area (TPSA) is 32.3 Å². The fourth-order valence-corrected chi connectivity index (χ4v) is 3.06. The molecule has 2 atom stereocenters. The lowest BCUT2D eigenvalue weighted by molar-refractivity contribution is 0.0781. The number of aryl methyl sites for hydroxylation is 1. The normalized spacial score (nSPS) is 26.4. The average molecular weight is 248 g/mol. The van der Waals surface area contributed by atoms with E-state index in [2.05, 4.69) is 5.32 Å². The summed E-state index contributed by atoms with van der Waals surface area (Å²) < 4.78 is 13.3. The lowest BCUT2D eigenvalue weighted by Crippen LogP contribution is -2.31. The number of fused-ring (bicyclic) bond motifs is 1. The third kappa shape index (κ3) is 2.01. The highest BCUT2D eigenvalue weighted by Crippen LogP contribution is 2.27. The number of hydrogen-bond donors (Lipinski definition) is 1. The molecule has 1 amide bonds. The van der Waals surface area contributed by atoms with Crippen molar-refractivity contribution < 1.29 is 9.18 Å². The molecule has 2 unspecified atom stereocenters. The van der Waals surface area contributed by atoms with Crippen LogP contribution in [0.5, 0.6) is 0 Å². The van der Waals surface area contributed by atoms with Crippen molar-refractivity contribution in [1.29, 1.82) is 0 Å². The van der Waals surface area contributed by atoms with Gasteiger partial charge in [0.05, 0.1) is 0 Å². The van der Waals surface area contributed by atoms with E-state index in [0.29, 0.717) is 17.4 Å². The molecular weight excluding hydrogens is 231 g/mol. The number of halogens is 1. The molecule has 3 nitrogen and oxygen atoms in total. The highest BCUT2D eigenvalue weighted by Gasteiger charge is 2.38. The van der Waals surface area contributed by atoms with Crippen molar-refractivity contribution in [3.05, 3.63) is 35.1 Å². The molecule has 1 aromatic carbocycles. The molecule has 18 heavy (non-hydrogen) atoms. The zero-order valence-corrected chi connectivity index (χ0v) is 10.4. The van der Waals surface area contributed by atoms with Crippen molar-refractivity contribution in [1.82, 2.24) is 10.2 Å². The van der Waals surface area contributed by atoms with Crippen molar-refractivity contribution >= 4 is 5.91 Å². The van der Waals surface area contributed by atoms with Crippen LogP contribution in [0.4, 0.5) is 4.39 Å². The fraction of sp³-hybridized carbons (Fsp3) is 0.500. The molecular formula is C14H17FN2O. The highest BCUT2D eigenvalue weighted by atomic mass is 19.1. The van der Waals surface area contributed by atoms with Crippen molar-refractivity contribution in [2.45, 2.75) is 6.92 Å². The van der Waals surface area contributed by atoms with Gasteiger partial charge in [-0.1, -0.05) is 0 Å². The van der Waals surface area contributed by atoms with Gasteiger partial charge in [0.15, 0.2) is 0 Å². The molecule has 2 heterocycles. The van der Waals surface area contributed by atoms with Crippen molar-refractivity contribution in [3.63, 3.8) is 0 Å². The summed E-state index contributed by atoms with van der Waals surface area (Å²) in [5, 5.41) is 3.34. The molecule has 0 aromatic heterocycles. The maximum Gasteiger partial charge on any atom is 0.253 e. The van der Waals surface area contributed by atoms with E-state index < -0.39 is 0 Å². The van der Waals surface area contributed by atoms with Crippen LogP contribution in [0.1, 0.15) is 15.9 Å². The summed E-state index contributed by atoms with van der Waals surface area (Å²) in [6.45, 7) is 5.40. The number of carbonyl (C=O) groups is 1. The summed E-state index contributed by atoms with van der Waals surface area (Å²) in [6, 6.07) is 4.54. The minimum absolute atomic E-state index is 0.0352. The number of amides is 1. The zero-order valence-electron chi connectivity index (χ0n) is 10.4. The Kier molecular flexibility index (Phi) is 2.82. The summed E-state index contributed by atoms with van der Waals surface area (Å²) in [4.78, 5) is 14.2. The molecule has 0 spiro atoms. The Balaban J connectivity index is 1.78. The van der Waals surface area contributed by atoms with Gasteiger partial charge in [0, 0.05) is 31.7 Å². The molecule has 96 valence electrons. The number of likely N-dealkylation sites (tertiary alicyclic amines) is 1. The Labute approximate surface area is 106 Å². The van der Waals surface area contributed by atoms with E-state index in [9.17, 15) is 9.18 Å². The van der Waals surface area contributed by atoms with Gasteiger partial charge in [-0.15, -0.1) is 0 Å². The van der Waals surface area contributed by atoms with Crippen LogP contribution in [-0.2, 0) is 0 Å². The van der Waals surface area contributed by atoms with Gasteiger partial charge in [-0.3, -0.25) is 4.79 Å². The van der Waals surface area contributed by atoms with Gasteiger partial charge in [0.25, 0.3) is 5.91 Å². The van der Waals surface area contributed by atoms with Crippen molar-refractivity contribution in [3.8, 4) is 0 Å². The van der Waals surface area contributed by atoms with Crippen LogP contribution < -0.4 is 5.32 Å². The lowest BCUT2D eigenvalue weighted by atomic mass is 10.0. The molecule has 2 aliphatic heterocycles. The van der Waals surface area contributed by atoms with E-state index in [1.807, 2.05) is 11.8 Å². The minimum Gasteiger partial charge on any atom is -0.338 e. The molecule has 0 saturated carbocycles. The van der Waals surface area contributed by atoms with E-state index >= 15 is 0 Å². The van der Waals surface area contributed by atoms with Crippen LogP contribution >= 0.6 is 0 Å². The van der Waals surface area contributed by atoms with Crippen LogP contribution in [0.3, 0.4) is 0 Å². The lowest BCUT2D eigenvalue weighted by Gasteiger charge is -2.17. The molecule has 0 bridgehead atoms. The summed E-state index contributed by atoms with van der Waals surface area (Å²) in [6.07, 6.45) is 0. The van der Waals surface area contributed by atoms with Gasteiger partial charge in [-0.05, 0) is 42.5 Å². The van der Waals surface area contributed by atoms with Crippen LogP contribution in [-0.4, -0.2) is 37.0 Å². The monoisotopic (exact) mass is 248 g/mol. The van der Waals surface area contributed by atoms with Gasteiger partial charge in [-0.25, -0.2) is 4.39 Å². The third-order valence-corrected chi connectivity index (χ3v) is 3.97. The second-order valence-corrected chi connectivity index (χ2v) is 5.41. The number of carbonyl (C=O) groups excluding carboxylic acids is 1. The molecule has 4 heteroatoms. The van der Waals surface area contributed by atoms with Gasteiger partial charge < -0.3 is 10.2 Å². The quantitative estimate of drug-likeness (QED) is 0.815. The molecule has 2 saturated heterocycles. The maximum atomic E-state index is 13.3. The van der Waals surface area contributed by atoms with E-state index in [-0.39, 0.29) is 11.7 Å². The Morgan fingerprint density at radius 2 is 1.94 bits per heavy atom. The Hall–Kier alpha value is -1.42. The van der Waals surface area contributed by atoms with Crippen LogP contribution in [0, 0.1) is 24.6 Å². The first-order chi connectivity index (χ1) is 8.63. The first kappa shape index (κ1) is 11.7. The summed E-state index contributed by atoms with van der Waals surface area (Å²) >= 11 is 0.